The Morgan fingerprint density at radius 2 is 1.80 bits per heavy atom. The second kappa shape index (κ2) is 7.67. The van der Waals surface area contributed by atoms with Crippen molar-refractivity contribution in [3.63, 3.8) is 0 Å². The monoisotopic (exact) mass is 210 g/mol. The minimum absolute atomic E-state index is 0.516. The van der Waals surface area contributed by atoms with E-state index in [4.69, 9.17) is 0 Å². The van der Waals surface area contributed by atoms with Gasteiger partial charge in [-0.05, 0) is 36.2 Å². The second-order valence-electron chi connectivity index (χ2n) is 5.04. The van der Waals surface area contributed by atoms with Gasteiger partial charge in [0.25, 0.3) is 0 Å². The summed E-state index contributed by atoms with van der Waals surface area (Å²) in [5, 5.41) is 0. The van der Waals surface area contributed by atoms with Gasteiger partial charge in [-0.2, -0.15) is 0 Å². The minimum atomic E-state index is 0.516. The maximum absolute atomic E-state index is 10.9. The van der Waals surface area contributed by atoms with Gasteiger partial charge in [0.05, 0.1) is 0 Å². The molecule has 1 heteroatoms. The van der Waals surface area contributed by atoms with Crippen LogP contribution >= 0.6 is 0 Å². The van der Waals surface area contributed by atoms with E-state index in [1.165, 1.54) is 6.42 Å². The Kier molecular flexibility index (Phi) is 7.37. The van der Waals surface area contributed by atoms with Crippen molar-refractivity contribution >= 4 is 6.29 Å². The SMILES string of the molecule is CCC(C)C(C)C=C(C=O)CCC(C)C. The van der Waals surface area contributed by atoms with Crippen LogP contribution in [-0.2, 0) is 4.79 Å². The van der Waals surface area contributed by atoms with E-state index < -0.39 is 0 Å². The van der Waals surface area contributed by atoms with Crippen molar-refractivity contribution < 1.29 is 4.79 Å². The van der Waals surface area contributed by atoms with E-state index in [2.05, 4.69) is 40.7 Å². The second-order valence-corrected chi connectivity index (χ2v) is 5.04. The van der Waals surface area contributed by atoms with Gasteiger partial charge in [-0.15, -0.1) is 0 Å². The summed E-state index contributed by atoms with van der Waals surface area (Å²) in [6, 6.07) is 0. The molecule has 2 unspecified atom stereocenters. The average Bonchev–Trinajstić information content (AvgIpc) is 2.22. The zero-order valence-electron chi connectivity index (χ0n) is 10.9. The summed E-state index contributed by atoms with van der Waals surface area (Å²) >= 11 is 0. The van der Waals surface area contributed by atoms with Crippen LogP contribution in [0.2, 0.25) is 0 Å². The first-order chi connectivity index (χ1) is 7.01. The van der Waals surface area contributed by atoms with Gasteiger partial charge in [-0.1, -0.05) is 47.1 Å². The third-order valence-electron chi connectivity index (χ3n) is 3.18. The van der Waals surface area contributed by atoms with Gasteiger partial charge in [0.2, 0.25) is 0 Å². The molecule has 0 saturated carbocycles. The molecule has 1 nitrogen and oxygen atoms in total. The van der Waals surface area contributed by atoms with Gasteiger partial charge >= 0.3 is 0 Å². The molecule has 0 aromatic rings. The van der Waals surface area contributed by atoms with E-state index in [1.807, 2.05) is 0 Å². The molecule has 0 heterocycles. The molecule has 88 valence electrons. The highest BCUT2D eigenvalue weighted by Gasteiger charge is 2.08. The molecule has 0 aliphatic heterocycles. The van der Waals surface area contributed by atoms with E-state index in [9.17, 15) is 4.79 Å². The van der Waals surface area contributed by atoms with E-state index in [0.29, 0.717) is 17.8 Å². The Balaban J connectivity index is 4.25. The van der Waals surface area contributed by atoms with Crippen LogP contribution in [0.25, 0.3) is 0 Å². The average molecular weight is 210 g/mol. The summed E-state index contributed by atoms with van der Waals surface area (Å²) in [6.07, 6.45) is 6.40. The molecular formula is C14H26O. The number of carbonyl (C=O) groups is 1. The fourth-order valence-electron chi connectivity index (χ4n) is 1.51. The van der Waals surface area contributed by atoms with E-state index >= 15 is 0 Å². The highest BCUT2D eigenvalue weighted by atomic mass is 16.1. The lowest BCUT2D eigenvalue weighted by Gasteiger charge is -2.15. The molecular weight excluding hydrogens is 184 g/mol. The van der Waals surface area contributed by atoms with Crippen molar-refractivity contribution in [3.8, 4) is 0 Å². The maximum Gasteiger partial charge on any atom is 0.145 e. The third-order valence-corrected chi connectivity index (χ3v) is 3.18. The summed E-state index contributed by atoms with van der Waals surface area (Å²) in [4.78, 5) is 10.9. The van der Waals surface area contributed by atoms with Gasteiger partial charge in [-0.3, -0.25) is 4.79 Å². The summed E-state index contributed by atoms with van der Waals surface area (Å²) in [7, 11) is 0. The van der Waals surface area contributed by atoms with E-state index in [1.54, 1.807) is 0 Å². The molecule has 2 atom stereocenters. The van der Waals surface area contributed by atoms with Crippen LogP contribution in [0.15, 0.2) is 11.6 Å². The van der Waals surface area contributed by atoms with Crippen LogP contribution in [0.4, 0.5) is 0 Å². The van der Waals surface area contributed by atoms with Gasteiger partial charge in [0.15, 0.2) is 0 Å². The Morgan fingerprint density at radius 3 is 2.20 bits per heavy atom. The van der Waals surface area contributed by atoms with Crippen LogP contribution in [-0.4, -0.2) is 6.29 Å². The highest BCUT2D eigenvalue weighted by Crippen LogP contribution is 2.19. The molecule has 0 N–H and O–H groups in total. The lowest BCUT2D eigenvalue weighted by atomic mass is 9.90. The number of hydrogen-bond donors (Lipinski definition) is 0. The molecule has 15 heavy (non-hydrogen) atoms. The lowest BCUT2D eigenvalue weighted by molar-refractivity contribution is -0.105. The normalized spacial score (nSPS) is 16.5. The first kappa shape index (κ1) is 14.4. The van der Waals surface area contributed by atoms with Crippen molar-refractivity contribution in [2.75, 3.05) is 0 Å². The molecule has 0 aliphatic rings. The number of aldehydes is 1. The van der Waals surface area contributed by atoms with Crippen LogP contribution in [0, 0.1) is 17.8 Å². The Morgan fingerprint density at radius 1 is 1.20 bits per heavy atom. The largest absolute Gasteiger partial charge is 0.298 e. The van der Waals surface area contributed by atoms with E-state index in [-0.39, 0.29) is 0 Å². The quantitative estimate of drug-likeness (QED) is 0.454. The smallest absolute Gasteiger partial charge is 0.145 e. The van der Waals surface area contributed by atoms with Crippen molar-refractivity contribution in [1.29, 1.82) is 0 Å². The van der Waals surface area contributed by atoms with E-state index in [0.717, 1.165) is 24.7 Å². The zero-order chi connectivity index (χ0) is 11.8. The fraction of sp³-hybridized carbons (Fsp3) is 0.786. The highest BCUT2D eigenvalue weighted by molar-refractivity contribution is 5.73. The molecule has 0 bridgehead atoms. The molecule has 0 aromatic heterocycles. The van der Waals surface area contributed by atoms with Crippen LogP contribution in [0.3, 0.4) is 0 Å². The van der Waals surface area contributed by atoms with Crippen LogP contribution < -0.4 is 0 Å². The maximum atomic E-state index is 10.9. The van der Waals surface area contributed by atoms with Crippen molar-refractivity contribution in [3.05, 3.63) is 11.6 Å². The molecule has 0 fully saturated rings. The minimum Gasteiger partial charge on any atom is -0.298 e. The molecule has 0 spiro atoms. The predicted octanol–water partition coefficient (Wildman–Crippen LogP) is 4.23. The Labute approximate surface area is 95.0 Å². The number of allylic oxidation sites excluding steroid dienone is 2. The van der Waals surface area contributed by atoms with Crippen LogP contribution in [0.5, 0.6) is 0 Å². The fourth-order valence-corrected chi connectivity index (χ4v) is 1.51. The number of carbonyl (C=O) groups excluding carboxylic acids is 1. The summed E-state index contributed by atoms with van der Waals surface area (Å²) < 4.78 is 0. The summed E-state index contributed by atoms with van der Waals surface area (Å²) in [5.74, 6) is 1.86. The summed E-state index contributed by atoms with van der Waals surface area (Å²) in [6.45, 7) is 11.0. The van der Waals surface area contributed by atoms with Gasteiger partial charge in [0.1, 0.15) is 6.29 Å². The number of hydrogen-bond acceptors (Lipinski definition) is 1. The summed E-state index contributed by atoms with van der Waals surface area (Å²) in [5.41, 5.74) is 0.983. The van der Waals surface area contributed by atoms with Crippen molar-refractivity contribution in [1.82, 2.24) is 0 Å². The van der Waals surface area contributed by atoms with Gasteiger partial charge in [-0.25, -0.2) is 0 Å². The molecule has 0 saturated heterocycles. The standard InChI is InChI=1S/C14H26O/c1-6-12(4)13(5)9-14(10-15)8-7-11(2)3/h9-13H,6-8H2,1-5H3. The molecule has 0 aliphatic carbocycles. The topological polar surface area (TPSA) is 17.1 Å². The predicted molar refractivity (Wildman–Crippen MR) is 66.8 cm³/mol. The van der Waals surface area contributed by atoms with Crippen molar-refractivity contribution in [2.24, 2.45) is 17.8 Å². The zero-order valence-corrected chi connectivity index (χ0v) is 10.9. The molecule has 0 rings (SSSR count). The van der Waals surface area contributed by atoms with Crippen molar-refractivity contribution in [2.45, 2.75) is 53.9 Å². The van der Waals surface area contributed by atoms with Gasteiger partial charge in [0, 0.05) is 0 Å². The molecule has 0 aromatic carbocycles. The van der Waals surface area contributed by atoms with Crippen LogP contribution in [0.1, 0.15) is 53.9 Å². The Hall–Kier alpha value is -0.590. The lowest BCUT2D eigenvalue weighted by Crippen LogP contribution is -2.05. The third kappa shape index (κ3) is 6.48. The first-order valence-corrected chi connectivity index (χ1v) is 6.17. The molecule has 0 amide bonds. The molecule has 0 radical (unpaired) electrons. The Bertz CT molecular complexity index is 203. The number of rotatable bonds is 7. The van der Waals surface area contributed by atoms with Gasteiger partial charge < -0.3 is 0 Å². The first-order valence-electron chi connectivity index (χ1n) is 6.17.